The van der Waals surface area contributed by atoms with Crippen LogP contribution in [0.15, 0.2) is 30.5 Å². The van der Waals surface area contributed by atoms with E-state index in [-0.39, 0.29) is 17.3 Å². The van der Waals surface area contributed by atoms with Gasteiger partial charge in [0.2, 0.25) is 10.0 Å². The second-order valence-electron chi connectivity index (χ2n) is 4.66. The van der Waals surface area contributed by atoms with Gasteiger partial charge in [0.1, 0.15) is 4.99 Å². The Labute approximate surface area is 128 Å². The highest BCUT2D eigenvalue weighted by Gasteiger charge is 2.12. The fraction of sp³-hybridized carbons (Fsp3) is 0.231. The third kappa shape index (κ3) is 4.35. The Bertz CT molecular complexity index is 736. The number of rotatable bonds is 6. The van der Waals surface area contributed by atoms with Gasteiger partial charge in [-0.25, -0.2) is 13.1 Å². The molecule has 0 aliphatic carbocycles. The van der Waals surface area contributed by atoms with E-state index < -0.39 is 10.0 Å². The molecular weight excluding hydrogens is 308 g/mol. The first-order valence-electron chi connectivity index (χ1n) is 6.22. The third-order valence-corrected chi connectivity index (χ3v) is 4.55. The quantitative estimate of drug-likeness (QED) is 0.688. The van der Waals surface area contributed by atoms with E-state index in [1.54, 1.807) is 30.5 Å². The van der Waals surface area contributed by atoms with Gasteiger partial charge in [0.15, 0.2) is 0 Å². The molecule has 0 saturated carbocycles. The lowest BCUT2D eigenvalue weighted by Crippen LogP contribution is -2.24. The van der Waals surface area contributed by atoms with Crippen LogP contribution in [0, 0.1) is 6.92 Å². The van der Waals surface area contributed by atoms with Gasteiger partial charge in [-0.05, 0) is 12.5 Å². The number of benzene rings is 1. The van der Waals surface area contributed by atoms with Gasteiger partial charge in [-0.1, -0.05) is 36.5 Å². The zero-order valence-corrected chi connectivity index (χ0v) is 13.1. The lowest BCUT2D eigenvalue weighted by Gasteiger charge is -2.07. The van der Waals surface area contributed by atoms with Crippen molar-refractivity contribution in [2.75, 3.05) is 0 Å². The minimum absolute atomic E-state index is 0.0957. The maximum Gasteiger partial charge on any atom is 0.216 e. The standard InChI is InChI=1S/C13H16N4O2S2/c1-9-12(6-15-17-9)7-16-21(18,19)8-10-2-4-11(5-3-10)13(14)20/h2-6,16H,7-8H2,1H3,(H2,14,20)(H,15,17). The molecule has 0 spiro atoms. The van der Waals surface area contributed by atoms with Crippen molar-refractivity contribution in [3.8, 4) is 0 Å². The van der Waals surface area contributed by atoms with Crippen molar-refractivity contribution in [2.24, 2.45) is 5.73 Å². The number of aromatic nitrogens is 2. The number of hydrogen-bond donors (Lipinski definition) is 3. The fourth-order valence-corrected chi connectivity index (χ4v) is 3.02. The Morgan fingerprint density at radius 3 is 2.57 bits per heavy atom. The van der Waals surface area contributed by atoms with Gasteiger partial charge in [-0.15, -0.1) is 0 Å². The molecule has 112 valence electrons. The molecule has 1 heterocycles. The topological polar surface area (TPSA) is 101 Å². The number of nitrogens with two attached hydrogens (primary N) is 1. The molecule has 0 amide bonds. The van der Waals surface area contributed by atoms with Crippen LogP contribution in [0.5, 0.6) is 0 Å². The van der Waals surface area contributed by atoms with Crippen LogP contribution in [0.1, 0.15) is 22.4 Å². The third-order valence-electron chi connectivity index (χ3n) is 3.01. The van der Waals surface area contributed by atoms with Gasteiger partial charge in [-0.3, -0.25) is 5.10 Å². The van der Waals surface area contributed by atoms with Crippen LogP contribution in [-0.4, -0.2) is 23.6 Å². The molecule has 1 aromatic carbocycles. The molecule has 0 aliphatic heterocycles. The first-order chi connectivity index (χ1) is 9.87. The first kappa shape index (κ1) is 15.6. The van der Waals surface area contributed by atoms with Crippen molar-refractivity contribution in [1.29, 1.82) is 0 Å². The highest BCUT2D eigenvalue weighted by Crippen LogP contribution is 2.09. The van der Waals surface area contributed by atoms with Crippen molar-refractivity contribution in [2.45, 2.75) is 19.2 Å². The zero-order valence-electron chi connectivity index (χ0n) is 11.5. The molecule has 4 N–H and O–H groups in total. The molecule has 0 atom stereocenters. The number of sulfonamides is 1. The second kappa shape index (κ2) is 6.33. The van der Waals surface area contributed by atoms with Crippen molar-refractivity contribution in [3.05, 3.63) is 52.8 Å². The summed E-state index contributed by atoms with van der Waals surface area (Å²) in [5.74, 6) is -0.0957. The molecule has 1 aromatic heterocycles. The monoisotopic (exact) mass is 324 g/mol. The van der Waals surface area contributed by atoms with Gasteiger partial charge in [0.05, 0.1) is 11.9 Å². The Morgan fingerprint density at radius 1 is 1.38 bits per heavy atom. The lowest BCUT2D eigenvalue weighted by molar-refractivity contribution is 0.580. The zero-order chi connectivity index (χ0) is 15.5. The van der Waals surface area contributed by atoms with Crippen LogP contribution in [0.3, 0.4) is 0 Å². The van der Waals surface area contributed by atoms with Gasteiger partial charge in [0.25, 0.3) is 0 Å². The molecule has 2 rings (SSSR count). The van der Waals surface area contributed by atoms with E-state index in [9.17, 15) is 8.42 Å². The van der Waals surface area contributed by atoms with Crippen LogP contribution in [0.25, 0.3) is 0 Å². The summed E-state index contributed by atoms with van der Waals surface area (Å²) in [7, 11) is -3.42. The summed E-state index contributed by atoms with van der Waals surface area (Å²) in [6.07, 6.45) is 1.61. The Hall–Kier alpha value is -1.77. The minimum Gasteiger partial charge on any atom is -0.389 e. The number of thiocarbonyl (C=S) groups is 1. The predicted octanol–water partition coefficient (Wildman–Crippen LogP) is 0.972. The largest absolute Gasteiger partial charge is 0.389 e. The Kier molecular flexibility index (Phi) is 4.71. The summed E-state index contributed by atoms with van der Waals surface area (Å²) < 4.78 is 26.6. The van der Waals surface area contributed by atoms with Crippen molar-refractivity contribution in [1.82, 2.24) is 14.9 Å². The highest BCUT2D eigenvalue weighted by molar-refractivity contribution is 7.88. The molecular formula is C13H16N4O2S2. The maximum atomic E-state index is 12.0. The van der Waals surface area contributed by atoms with E-state index in [4.69, 9.17) is 18.0 Å². The summed E-state index contributed by atoms with van der Waals surface area (Å²) >= 11 is 4.85. The lowest BCUT2D eigenvalue weighted by atomic mass is 10.1. The number of nitrogens with zero attached hydrogens (tertiary/aromatic N) is 1. The number of aryl methyl sites for hydroxylation is 1. The Balaban J connectivity index is 2.00. The summed E-state index contributed by atoms with van der Waals surface area (Å²) in [5.41, 5.74) is 8.56. The molecule has 8 heteroatoms. The predicted molar refractivity (Wildman–Crippen MR) is 85.1 cm³/mol. The molecule has 21 heavy (non-hydrogen) atoms. The molecule has 0 radical (unpaired) electrons. The van der Waals surface area contributed by atoms with Gasteiger partial charge < -0.3 is 5.73 Å². The minimum atomic E-state index is -3.42. The van der Waals surface area contributed by atoms with Crippen LogP contribution < -0.4 is 10.5 Å². The number of nitrogens with one attached hydrogen (secondary N) is 2. The summed E-state index contributed by atoms with van der Waals surface area (Å²) in [6, 6.07) is 6.84. The Morgan fingerprint density at radius 2 is 2.05 bits per heavy atom. The molecule has 0 saturated heterocycles. The SMILES string of the molecule is Cc1[nH]ncc1CNS(=O)(=O)Cc1ccc(C(N)=S)cc1. The van der Waals surface area contributed by atoms with E-state index in [0.717, 1.165) is 11.3 Å². The average molecular weight is 324 g/mol. The summed E-state index contributed by atoms with van der Waals surface area (Å²) in [4.78, 5) is 0.290. The van der Waals surface area contributed by atoms with Crippen LogP contribution >= 0.6 is 12.2 Å². The summed E-state index contributed by atoms with van der Waals surface area (Å²) in [5, 5.41) is 6.61. The van der Waals surface area contributed by atoms with Gasteiger partial charge >= 0.3 is 0 Å². The van der Waals surface area contributed by atoms with E-state index in [1.165, 1.54) is 0 Å². The van der Waals surface area contributed by atoms with E-state index in [2.05, 4.69) is 14.9 Å². The maximum absolute atomic E-state index is 12.0. The van der Waals surface area contributed by atoms with Crippen LogP contribution in [-0.2, 0) is 22.3 Å². The van der Waals surface area contributed by atoms with Gasteiger partial charge in [0, 0.05) is 23.4 Å². The summed E-state index contributed by atoms with van der Waals surface area (Å²) in [6.45, 7) is 2.06. The highest BCUT2D eigenvalue weighted by atomic mass is 32.2. The number of aromatic amines is 1. The van der Waals surface area contributed by atoms with E-state index in [0.29, 0.717) is 11.1 Å². The van der Waals surface area contributed by atoms with E-state index in [1.807, 2.05) is 6.92 Å². The molecule has 2 aromatic rings. The molecule has 0 unspecified atom stereocenters. The van der Waals surface area contributed by atoms with Crippen molar-refractivity contribution in [3.63, 3.8) is 0 Å². The molecule has 0 aliphatic rings. The van der Waals surface area contributed by atoms with Gasteiger partial charge in [-0.2, -0.15) is 5.10 Å². The smallest absolute Gasteiger partial charge is 0.216 e. The van der Waals surface area contributed by atoms with Crippen LogP contribution in [0.2, 0.25) is 0 Å². The first-order valence-corrected chi connectivity index (χ1v) is 8.28. The normalized spacial score (nSPS) is 11.5. The van der Waals surface area contributed by atoms with Crippen LogP contribution in [0.4, 0.5) is 0 Å². The second-order valence-corrected chi connectivity index (χ2v) is 6.91. The molecule has 6 nitrogen and oxygen atoms in total. The van der Waals surface area contributed by atoms with Crippen molar-refractivity contribution >= 4 is 27.2 Å². The van der Waals surface area contributed by atoms with Crippen molar-refractivity contribution < 1.29 is 8.42 Å². The fourth-order valence-electron chi connectivity index (χ4n) is 1.78. The average Bonchev–Trinajstić information content (AvgIpc) is 2.82. The molecule has 0 fully saturated rings. The number of H-pyrrole nitrogens is 1. The van der Waals surface area contributed by atoms with E-state index >= 15 is 0 Å². The molecule has 0 bridgehead atoms. The number of hydrogen-bond acceptors (Lipinski definition) is 4.